The van der Waals surface area contributed by atoms with Crippen molar-refractivity contribution < 1.29 is 0 Å². The second kappa shape index (κ2) is 6.78. The molecule has 0 aliphatic carbocycles. The van der Waals surface area contributed by atoms with Gasteiger partial charge in [0.1, 0.15) is 5.82 Å². The molecule has 25 heavy (non-hydrogen) atoms. The third-order valence-electron chi connectivity index (χ3n) is 4.40. The van der Waals surface area contributed by atoms with Crippen LogP contribution in [-0.2, 0) is 19.5 Å². The Labute approximate surface area is 150 Å². The van der Waals surface area contributed by atoms with Crippen molar-refractivity contribution in [2.75, 3.05) is 6.54 Å². The molecule has 1 N–H and O–H groups in total. The molecule has 126 valence electrons. The predicted octanol–water partition coefficient (Wildman–Crippen LogP) is 3.04. The van der Waals surface area contributed by atoms with Crippen LogP contribution in [0.25, 0.3) is 11.4 Å². The van der Waals surface area contributed by atoms with Crippen LogP contribution in [0.15, 0.2) is 53.6 Å². The Hall–Kier alpha value is -2.50. The SMILES string of the molecule is O=c1[nH]c(-c2ccncc2)nc2c1CN(Cc1cccc(Cl)c1)CC2. The number of nitrogens with zero attached hydrogens (tertiary/aromatic N) is 3. The zero-order valence-corrected chi connectivity index (χ0v) is 14.3. The minimum Gasteiger partial charge on any atom is -0.306 e. The van der Waals surface area contributed by atoms with Crippen molar-refractivity contribution in [3.05, 3.63) is 81.0 Å². The van der Waals surface area contributed by atoms with Crippen molar-refractivity contribution in [3.8, 4) is 11.4 Å². The Kier molecular flexibility index (Phi) is 4.34. The van der Waals surface area contributed by atoms with Crippen LogP contribution in [0.2, 0.25) is 5.02 Å². The van der Waals surface area contributed by atoms with Gasteiger partial charge in [0, 0.05) is 49.0 Å². The summed E-state index contributed by atoms with van der Waals surface area (Å²) in [7, 11) is 0. The minimum atomic E-state index is -0.0624. The van der Waals surface area contributed by atoms with Crippen LogP contribution in [-0.4, -0.2) is 26.4 Å². The molecule has 4 rings (SSSR count). The number of rotatable bonds is 3. The summed E-state index contributed by atoms with van der Waals surface area (Å²) < 4.78 is 0. The molecular formula is C19H17ClN4O. The molecule has 2 aromatic heterocycles. The molecule has 0 radical (unpaired) electrons. The van der Waals surface area contributed by atoms with Gasteiger partial charge in [-0.25, -0.2) is 4.98 Å². The molecular weight excluding hydrogens is 336 g/mol. The Bertz CT molecular complexity index is 955. The van der Waals surface area contributed by atoms with Gasteiger partial charge in [0.15, 0.2) is 0 Å². The van der Waals surface area contributed by atoms with Crippen LogP contribution in [0.4, 0.5) is 0 Å². The molecule has 0 unspecified atom stereocenters. The molecule has 0 spiro atoms. The van der Waals surface area contributed by atoms with Gasteiger partial charge >= 0.3 is 0 Å². The maximum Gasteiger partial charge on any atom is 0.255 e. The zero-order chi connectivity index (χ0) is 17.2. The topological polar surface area (TPSA) is 61.9 Å². The molecule has 3 aromatic rings. The van der Waals surface area contributed by atoms with Crippen molar-refractivity contribution in [1.82, 2.24) is 19.9 Å². The summed E-state index contributed by atoms with van der Waals surface area (Å²) in [5.41, 5.74) is 3.60. The van der Waals surface area contributed by atoms with E-state index in [-0.39, 0.29) is 5.56 Å². The van der Waals surface area contributed by atoms with Gasteiger partial charge in [-0.1, -0.05) is 23.7 Å². The number of hydrogen-bond donors (Lipinski definition) is 1. The summed E-state index contributed by atoms with van der Waals surface area (Å²) >= 11 is 6.06. The van der Waals surface area contributed by atoms with Gasteiger partial charge in [0.05, 0.1) is 11.3 Å². The fraction of sp³-hybridized carbons (Fsp3) is 0.211. The molecule has 5 nitrogen and oxygen atoms in total. The lowest BCUT2D eigenvalue weighted by molar-refractivity contribution is 0.242. The summed E-state index contributed by atoms with van der Waals surface area (Å²) in [6.45, 7) is 2.23. The molecule has 0 saturated heterocycles. The van der Waals surface area contributed by atoms with E-state index >= 15 is 0 Å². The molecule has 6 heteroatoms. The lowest BCUT2D eigenvalue weighted by Crippen LogP contribution is -2.35. The van der Waals surface area contributed by atoms with E-state index in [0.29, 0.717) is 12.4 Å². The van der Waals surface area contributed by atoms with Gasteiger partial charge in [0.2, 0.25) is 0 Å². The van der Waals surface area contributed by atoms with E-state index in [0.717, 1.165) is 46.9 Å². The van der Waals surface area contributed by atoms with Gasteiger partial charge in [-0.2, -0.15) is 0 Å². The van der Waals surface area contributed by atoms with Gasteiger partial charge in [-0.3, -0.25) is 14.7 Å². The van der Waals surface area contributed by atoms with Crippen LogP contribution in [0.5, 0.6) is 0 Å². The Morgan fingerprint density at radius 1 is 1.20 bits per heavy atom. The maximum absolute atomic E-state index is 12.6. The molecule has 3 heterocycles. The lowest BCUT2D eigenvalue weighted by atomic mass is 10.1. The average molecular weight is 353 g/mol. The fourth-order valence-corrected chi connectivity index (χ4v) is 3.37. The van der Waals surface area contributed by atoms with Crippen molar-refractivity contribution in [1.29, 1.82) is 0 Å². The first-order valence-corrected chi connectivity index (χ1v) is 8.56. The van der Waals surface area contributed by atoms with Crippen molar-refractivity contribution in [2.24, 2.45) is 0 Å². The highest BCUT2D eigenvalue weighted by Gasteiger charge is 2.21. The van der Waals surface area contributed by atoms with E-state index in [4.69, 9.17) is 11.6 Å². The predicted molar refractivity (Wildman–Crippen MR) is 97.4 cm³/mol. The van der Waals surface area contributed by atoms with Crippen LogP contribution in [0, 0.1) is 0 Å². The van der Waals surface area contributed by atoms with Crippen LogP contribution in [0.3, 0.4) is 0 Å². The molecule has 0 fully saturated rings. The standard InChI is InChI=1S/C19H17ClN4O/c20-15-3-1-2-13(10-15)11-24-9-6-17-16(12-24)19(25)23-18(22-17)14-4-7-21-8-5-14/h1-5,7-8,10H,6,9,11-12H2,(H,22,23,25). The second-order valence-electron chi connectivity index (χ2n) is 6.17. The number of pyridine rings is 1. The first-order valence-electron chi connectivity index (χ1n) is 8.18. The number of benzene rings is 1. The third kappa shape index (κ3) is 3.48. The number of aromatic nitrogens is 3. The lowest BCUT2D eigenvalue weighted by Gasteiger charge is -2.27. The molecule has 0 atom stereocenters. The molecule has 1 aromatic carbocycles. The van der Waals surface area contributed by atoms with Crippen molar-refractivity contribution >= 4 is 11.6 Å². The quantitative estimate of drug-likeness (QED) is 0.787. The number of H-pyrrole nitrogens is 1. The normalized spacial score (nSPS) is 14.3. The summed E-state index contributed by atoms with van der Waals surface area (Å²) in [4.78, 5) is 26.4. The largest absolute Gasteiger partial charge is 0.306 e. The van der Waals surface area contributed by atoms with E-state index in [1.54, 1.807) is 12.4 Å². The number of fused-ring (bicyclic) bond motifs is 1. The number of hydrogen-bond acceptors (Lipinski definition) is 4. The van der Waals surface area contributed by atoms with E-state index in [2.05, 4.69) is 25.9 Å². The highest BCUT2D eigenvalue weighted by Crippen LogP contribution is 2.20. The average Bonchev–Trinajstić information content (AvgIpc) is 2.63. The fourth-order valence-electron chi connectivity index (χ4n) is 3.16. The molecule has 0 amide bonds. The monoisotopic (exact) mass is 352 g/mol. The van der Waals surface area contributed by atoms with E-state index in [9.17, 15) is 4.79 Å². The van der Waals surface area contributed by atoms with Gasteiger partial charge in [-0.05, 0) is 29.8 Å². The number of nitrogens with one attached hydrogen (secondary N) is 1. The van der Waals surface area contributed by atoms with Crippen molar-refractivity contribution in [2.45, 2.75) is 19.5 Å². The second-order valence-corrected chi connectivity index (χ2v) is 6.60. The first-order chi connectivity index (χ1) is 12.2. The third-order valence-corrected chi connectivity index (χ3v) is 4.63. The maximum atomic E-state index is 12.6. The van der Waals surface area contributed by atoms with Crippen molar-refractivity contribution in [3.63, 3.8) is 0 Å². The Balaban J connectivity index is 1.58. The molecule has 1 aliphatic rings. The number of halogens is 1. The summed E-state index contributed by atoms with van der Waals surface area (Å²) in [6.07, 6.45) is 4.15. The van der Waals surface area contributed by atoms with Crippen LogP contribution >= 0.6 is 11.6 Å². The first kappa shape index (κ1) is 16.0. The van der Waals surface area contributed by atoms with E-state index in [1.807, 2.05) is 30.3 Å². The smallest absolute Gasteiger partial charge is 0.255 e. The van der Waals surface area contributed by atoms with Gasteiger partial charge in [0.25, 0.3) is 5.56 Å². The Morgan fingerprint density at radius 3 is 2.84 bits per heavy atom. The molecule has 0 bridgehead atoms. The Morgan fingerprint density at radius 2 is 2.04 bits per heavy atom. The van der Waals surface area contributed by atoms with Gasteiger partial charge < -0.3 is 4.98 Å². The molecule has 1 aliphatic heterocycles. The van der Waals surface area contributed by atoms with Gasteiger partial charge in [-0.15, -0.1) is 0 Å². The highest BCUT2D eigenvalue weighted by molar-refractivity contribution is 6.30. The van der Waals surface area contributed by atoms with E-state index < -0.39 is 0 Å². The number of aromatic amines is 1. The minimum absolute atomic E-state index is 0.0624. The van der Waals surface area contributed by atoms with E-state index in [1.165, 1.54) is 0 Å². The highest BCUT2D eigenvalue weighted by atomic mass is 35.5. The molecule has 0 saturated carbocycles. The summed E-state index contributed by atoms with van der Waals surface area (Å²) in [5.74, 6) is 0.606. The summed E-state index contributed by atoms with van der Waals surface area (Å²) in [6, 6.07) is 11.5. The van der Waals surface area contributed by atoms with Crippen LogP contribution in [0.1, 0.15) is 16.8 Å². The van der Waals surface area contributed by atoms with Crippen LogP contribution < -0.4 is 5.56 Å². The zero-order valence-electron chi connectivity index (χ0n) is 13.6. The summed E-state index contributed by atoms with van der Waals surface area (Å²) in [5, 5.41) is 0.733.